The van der Waals surface area contributed by atoms with Crippen molar-refractivity contribution in [3.63, 3.8) is 0 Å². The van der Waals surface area contributed by atoms with E-state index in [9.17, 15) is 9.90 Å². The normalized spacial score (nSPS) is 18.6. The monoisotopic (exact) mass is 450 g/mol. The topological polar surface area (TPSA) is 119 Å². The summed E-state index contributed by atoms with van der Waals surface area (Å²) < 4.78 is 7.22. The lowest BCUT2D eigenvalue weighted by molar-refractivity contribution is 0.00391. The molecule has 2 aromatic rings. The van der Waals surface area contributed by atoms with Gasteiger partial charge < -0.3 is 20.5 Å². The Balaban J connectivity index is 0.000000180. The number of halogens is 1. The van der Waals surface area contributed by atoms with Crippen LogP contribution in [0.1, 0.15) is 52.1 Å². The van der Waals surface area contributed by atoms with Gasteiger partial charge in [-0.1, -0.05) is 11.6 Å². The maximum Gasteiger partial charge on any atom is 0.410 e. The van der Waals surface area contributed by atoms with Gasteiger partial charge in [0.2, 0.25) is 5.95 Å². The molecule has 1 unspecified atom stereocenters. The lowest BCUT2D eigenvalue weighted by Crippen LogP contribution is -2.44. The minimum Gasteiger partial charge on any atom is -0.444 e. The summed E-state index contributed by atoms with van der Waals surface area (Å²) in [7, 11) is 0. The van der Waals surface area contributed by atoms with Gasteiger partial charge in [0.25, 0.3) is 0 Å². The number of hydrogen-bond acceptors (Lipinski definition) is 7. The van der Waals surface area contributed by atoms with Crippen molar-refractivity contribution >= 4 is 23.6 Å². The molecule has 0 aliphatic carbocycles. The lowest BCUT2D eigenvalue weighted by Gasteiger charge is -2.32. The summed E-state index contributed by atoms with van der Waals surface area (Å²) in [5, 5.41) is 14.3. The maximum absolute atomic E-state index is 11.6. The zero-order valence-electron chi connectivity index (χ0n) is 18.3. The molecule has 4 heterocycles. The number of aromatic nitrogens is 4. The summed E-state index contributed by atoms with van der Waals surface area (Å²) in [5.74, 6) is 0.236. The smallest absolute Gasteiger partial charge is 0.410 e. The minimum absolute atomic E-state index is 0.236. The zero-order valence-corrected chi connectivity index (χ0v) is 19.1. The molecule has 0 spiro atoms. The average Bonchev–Trinajstić information content (AvgIpc) is 3.13. The van der Waals surface area contributed by atoms with Crippen LogP contribution in [-0.2, 0) is 17.7 Å². The van der Waals surface area contributed by atoms with Gasteiger partial charge in [0.05, 0.1) is 29.2 Å². The standard InChI is InChI=1S/C11H12ClN5.C10H19NO3/c12-8-6-14-11(13)16-10(8)7-5-15-17-4-2-1-3-9(7)17;1-10(2,3)14-9(13)11-6-4-5-8(12)7-11/h5-6H,1-4H2,(H2,13,14,16);8,12H,4-7H2,1-3H3. The highest BCUT2D eigenvalue weighted by Gasteiger charge is 2.26. The Bertz CT molecular complexity index is 911. The lowest BCUT2D eigenvalue weighted by atomic mass is 10.0. The molecule has 1 saturated heterocycles. The molecule has 170 valence electrons. The van der Waals surface area contributed by atoms with E-state index in [0.717, 1.165) is 31.4 Å². The van der Waals surface area contributed by atoms with Crippen LogP contribution in [0.25, 0.3) is 11.3 Å². The van der Waals surface area contributed by atoms with Crippen LogP contribution in [0.3, 0.4) is 0 Å². The molecule has 31 heavy (non-hydrogen) atoms. The number of nitrogen functional groups attached to an aromatic ring is 1. The van der Waals surface area contributed by atoms with E-state index >= 15 is 0 Å². The van der Waals surface area contributed by atoms with Crippen molar-refractivity contribution in [2.75, 3.05) is 18.8 Å². The van der Waals surface area contributed by atoms with Crippen molar-refractivity contribution < 1.29 is 14.6 Å². The van der Waals surface area contributed by atoms with E-state index in [2.05, 4.69) is 15.1 Å². The van der Waals surface area contributed by atoms with E-state index < -0.39 is 11.7 Å². The molecule has 3 N–H and O–H groups in total. The number of aliphatic hydroxyl groups is 1. The number of ether oxygens (including phenoxy) is 1. The number of aliphatic hydroxyl groups excluding tert-OH is 1. The molecule has 4 rings (SSSR count). The average molecular weight is 451 g/mol. The molecule has 2 aliphatic rings. The van der Waals surface area contributed by atoms with Crippen molar-refractivity contribution in [1.29, 1.82) is 0 Å². The van der Waals surface area contributed by atoms with E-state index in [1.807, 2.05) is 31.6 Å². The molecule has 9 nitrogen and oxygen atoms in total. The molecule has 10 heteroatoms. The van der Waals surface area contributed by atoms with Crippen molar-refractivity contribution in [1.82, 2.24) is 24.6 Å². The van der Waals surface area contributed by atoms with Gasteiger partial charge in [-0.15, -0.1) is 0 Å². The second-order valence-corrected chi connectivity index (χ2v) is 9.24. The molecular weight excluding hydrogens is 420 g/mol. The first-order chi connectivity index (χ1) is 14.6. The number of anilines is 1. The Kier molecular flexibility index (Phi) is 7.38. The molecule has 1 atom stereocenters. The van der Waals surface area contributed by atoms with Gasteiger partial charge in [-0.05, 0) is 52.9 Å². The molecule has 1 fully saturated rings. The third-order valence-electron chi connectivity index (χ3n) is 5.05. The van der Waals surface area contributed by atoms with Gasteiger partial charge in [-0.3, -0.25) is 4.68 Å². The number of piperidine rings is 1. The van der Waals surface area contributed by atoms with Crippen molar-refractivity contribution in [3.05, 3.63) is 23.1 Å². The van der Waals surface area contributed by atoms with Crippen molar-refractivity contribution in [2.24, 2.45) is 0 Å². The minimum atomic E-state index is -0.459. The highest BCUT2D eigenvalue weighted by molar-refractivity contribution is 6.32. The first kappa shape index (κ1) is 23.3. The fourth-order valence-corrected chi connectivity index (χ4v) is 3.83. The Hall–Kier alpha value is -2.39. The highest BCUT2D eigenvalue weighted by atomic mass is 35.5. The zero-order chi connectivity index (χ0) is 22.6. The molecule has 0 saturated carbocycles. The van der Waals surface area contributed by atoms with E-state index in [1.165, 1.54) is 24.7 Å². The largest absolute Gasteiger partial charge is 0.444 e. The van der Waals surface area contributed by atoms with E-state index in [-0.39, 0.29) is 12.0 Å². The van der Waals surface area contributed by atoms with Crippen LogP contribution in [-0.4, -0.2) is 60.6 Å². The Morgan fingerprint density at radius 2 is 2.03 bits per heavy atom. The Morgan fingerprint density at radius 3 is 2.74 bits per heavy atom. The van der Waals surface area contributed by atoms with Crippen LogP contribution in [0.2, 0.25) is 5.02 Å². The predicted octanol–water partition coefficient (Wildman–Crippen LogP) is 3.29. The number of amides is 1. The summed E-state index contributed by atoms with van der Waals surface area (Å²) in [6.45, 7) is 7.57. The van der Waals surface area contributed by atoms with E-state index in [4.69, 9.17) is 22.1 Å². The Morgan fingerprint density at radius 1 is 1.26 bits per heavy atom. The fraction of sp³-hybridized carbons (Fsp3) is 0.619. The number of nitrogens with two attached hydrogens (primary N) is 1. The molecule has 0 aromatic carbocycles. The number of carbonyl (C=O) groups is 1. The van der Waals surface area contributed by atoms with Crippen LogP contribution in [0.4, 0.5) is 10.7 Å². The maximum atomic E-state index is 11.6. The summed E-state index contributed by atoms with van der Waals surface area (Å²) in [5.41, 5.74) is 7.99. The van der Waals surface area contributed by atoms with Gasteiger partial charge >= 0.3 is 6.09 Å². The number of aryl methyl sites for hydroxylation is 1. The van der Waals surface area contributed by atoms with Gasteiger partial charge in [0.1, 0.15) is 5.60 Å². The third kappa shape index (κ3) is 6.30. The first-order valence-corrected chi connectivity index (χ1v) is 11.0. The van der Waals surface area contributed by atoms with Crippen LogP contribution < -0.4 is 5.73 Å². The SMILES string of the molecule is CC(C)(C)OC(=O)N1CCCC(O)C1.Nc1ncc(Cl)c(-c2cnn3c2CCCC3)n1. The Labute approximate surface area is 187 Å². The third-order valence-corrected chi connectivity index (χ3v) is 5.32. The number of rotatable bonds is 1. The van der Waals surface area contributed by atoms with Gasteiger partial charge in [0, 0.05) is 30.9 Å². The second-order valence-electron chi connectivity index (χ2n) is 8.83. The molecular formula is C21H31ClN6O3. The molecule has 0 radical (unpaired) electrons. The van der Waals surface area contributed by atoms with Crippen LogP contribution in [0.15, 0.2) is 12.4 Å². The van der Waals surface area contributed by atoms with Gasteiger partial charge in [0.15, 0.2) is 0 Å². The highest BCUT2D eigenvalue weighted by Crippen LogP contribution is 2.31. The molecule has 2 aliphatic heterocycles. The van der Waals surface area contributed by atoms with E-state index in [1.54, 1.807) is 4.90 Å². The summed E-state index contributed by atoms with van der Waals surface area (Å²) in [4.78, 5) is 21.2. The van der Waals surface area contributed by atoms with Crippen LogP contribution in [0.5, 0.6) is 0 Å². The fourth-order valence-electron chi connectivity index (χ4n) is 3.64. The molecule has 2 aromatic heterocycles. The van der Waals surface area contributed by atoms with Crippen LogP contribution >= 0.6 is 11.6 Å². The second kappa shape index (κ2) is 9.82. The number of hydrogen-bond donors (Lipinski definition) is 2. The van der Waals surface area contributed by atoms with Gasteiger partial charge in [-0.2, -0.15) is 5.10 Å². The van der Waals surface area contributed by atoms with Crippen LogP contribution in [0, 0.1) is 0 Å². The van der Waals surface area contributed by atoms with Crippen molar-refractivity contribution in [2.45, 2.75) is 71.1 Å². The summed E-state index contributed by atoms with van der Waals surface area (Å²) in [6, 6.07) is 0. The predicted molar refractivity (Wildman–Crippen MR) is 119 cm³/mol. The number of nitrogens with zero attached hydrogens (tertiary/aromatic N) is 5. The quantitative estimate of drug-likeness (QED) is 0.683. The molecule has 1 amide bonds. The number of β-amino-alcohol motifs (C(OH)–C–C–N with tert-alkyl or cyclic N) is 1. The number of likely N-dealkylation sites (tertiary alicyclic amines) is 1. The van der Waals surface area contributed by atoms with Crippen molar-refractivity contribution in [3.8, 4) is 11.3 Å². The number of fused-ring (bicyclic) bond motifs is 1. The van der Waals surface area contributed by atoms with Gasteiger partial charge in [-0.25, -0.2) is 14.8 Å². The summed E-state index contributed by atoms with van der Waals surface area (Å²) in [6.07, 6.45) is 7.62. The molecule has 0 bridgehead atoms. The first-order valence-electron chi connectivity index (χ1n) is 10.6. The van der Waals surface area contributed by atoms with E-state index in [0.29, 0.717) is 23.8 Å². The number of carbonyl (C=O) groups excluding carboxylic acids is 1. The summed E-state index contributed by atoms with van der Waals surface area (Å²) >= 11 is 6.11.